The summed E-state index contributed by atoms with van der Waals surface area (Å²) in [6, 6.07) is 12.3. The number of amides is 4. The number of barbiturate groups is 1. The van der Waals surface area contributed by atoms with Crippen molar-refractivity contribution in [3.8, 4) is 0 Å². The molecule has 0 aliphatic carbocycles. The van der Waals surface area contributed by atoms with Crippen LogP contribution in [0.2, 0.25) is 0 Å². The molecule has 0 unspecified atom stereocenters. The number of aryl methyl sites for hydroxylation is 1. The molecule has 0 bridgehead atoms. The van der Waals surface area contributed by atoms with Crippen molar-refractivity contribution in [2.45, 2.75) is 6.54 Å². The highest BCUT2D eigenvalue weighted by Gasteiger charge is 2.35. The van der Waals surface area contributed by atoms with Crippen LogP contribution in [-0.2, 0) is 23.2 Å². The van der Waals surface area contributed by atoms with Crippen LogP contribution in [0.25, 0.3) is 17.0 Å². The average Bonchev–Trinajstić information content (AvgIpc) is 3.00. The Bertz CT molecular complexity index is 1150. The summed E-state index contributed by atoms with van der Waals surface area (Å²) in [5.41, 5.74) is 2.10. The van der Waals surface area contributed by atoms with Gasteiger partial charge in [-0.05, 0) is 29.8 Å². The molecule has 2 heterocycles. The van der Waals surface area contributed by atoms with Crippen molar-refractivity contribution in [1.29, 1.82) is 0 Å². The number of aromatic nitrogens is 1. The van der Waals surface area contributed by atoms with Crippen LogP contribution in [0.3, 0.4) is 0 Å². The number of para-hydroxylation sites is 1. The molecule has 1 aliphatic heterocycles. The van der Waals surface area contributed by atoms with Gasteiger partial charge < -0.3 is 4.57 Å². The van der Waals surface area contributed by atoms with E-state index in [1.807, 2.05) is 42.1 Å². The van der Waals surface area contributed by atoms with Crippen LogP contribution in [0.4, 0.5) is 9.18 Å². The highest BCUT2D eigenvalue weighted by Crippen LogP contribution is 2.24. The molecule has 1 saturated heterocycles. The third-order valence-corrected chi connectivity index (χ3v) is 4.67. The summed E-state index contributed by atoms with van der Waals surface area (Å²) in [7, 11) is 1.87. The van der Waals surface area contributed by atoms with Crippen molar-refractivity contribution >= 4 is 34.8 Å². The Kier molecular flexibility index (Phi) is 4.27. The van der Waals surface area contributed by atoms with Crippen molar-refractivity contribution in [2.75, 3.05) is 0 Å². The molecule has 1 fully saturated rings. The van der Waals surface area contributed by atoms with E-state index in [-0.39, 0.29) is 12.1 Å². The van der Waals surface area contributed by atoms with Gasteiger partial charge >= 0.3 is 6.03 Å². The van der Waals surface area contributed by atoms with Gasteiger partial charge in [-0.25, -0.2) is 9.18 Å². The Labute approximate surface area is 159 Å². The summed E-state index contributed by atoms with van der Waals surface area (Å²) in [5, 5.41) is 3.08. The van der Waals surface area contributed by atoms with Crippen LogP contribution in [0.15, 0.2) is 60.3 Å². The lowest BCUT2D eigenvalue weighted by Gasteiger charge is -2.26. The average molecular weight is 377 g/mol. The van der Waals surface area contributed by atoms with E-state index in [0.29, 0.717) is 11.1 Å². The zero-order valence-electron chi connectivity index (χ0n) is 15.0. The Hall–Kier alpha value is -3.74. The lowest BCUT2D eigenvalue weighted by Crippen LogP contribution is -2.53. The fourth-order valence-corrected chi connectivity index (χ4v) is 3.25. The number of carbonyl (C=O) groups is 3. The number of carbonyl (C=O) groups excluding carboxylic acids is 3. The number of benzene rings is 2. The van der Waals surface area contributed by atoms with Gasteiger partial charge in [0.2, 0.25) is 0 Å². The second-order valence-corrected chi connectivity index (χ2v) is 6.55. The first kappa shape index (κ1) is 17.7. The second kappa shape index (κ2) is 6.77. The molecule has 3 aromatic rings. The molecular weight excluding hydrogens is 361 g/mol. The predicted molar refractivity (Wildman–Crippen MR) is 101 cm³/mol. The van der Waals surface area contributed by atoms with Crippen molar-refractivity contribution in [2.24, 2.45) is 7.05 Å². The van der Waals surface area contributed by atoms with Gasteiger partial charge in [0.1, 0.15) is 11.4 Å². The monoisotopic (exact) mass is 377 g/mol. The van der Waals surface area contributed by atoms with E-state index in [0.717, 1.165) is 15.8 Å². The molecule has 28 heavy (non-hydrogen) atoms. The maximum atomic E-state index is 13.1. The molecule has 140 valence electrons. The van der Waals surface area contributed by atoms with Crippen molar-refractivity contribution in [3.05, 3.63) is 77.2 Å². The number of nitrogens with one attached hydrogen (secondary N) is 1. The van der Waals surface area contributed by atoms with Gasteiger partial charge in [0.25, 0.3) is 11.8 Å². The van der Waals surface area contributed by atoms with Crippen LogP contribution in [-0.4, -0.2) is 27.3 Å². The van der Waals surface area contributed by atoms with Crippen molar-refractivity contribution in [1.82, 2.24) is 14.8 Å². The Morgan fingerprint density at radius 3 is 2.50 bits per heavy atom. The number of hydrogen-bond acceptors (Lipinski definition) is 3. The minimum absolute atomic E-state index is 0.0644. The van der Waals surface area contributed by atoms with E-state index < -0.39 is 23.7 Å². The normalized spacial score (nSPS) is 16.1. The molecule has 7 heteroatoms. The lowest BCUT2D eigenvalue weighted by atomic mass is 10.1. The molecule has 1 aliphatic rings. The largest absolute Gasteiger partial charge is 0.350 e. The topological polar surface area (TPSA) is 71.4 Å². The Morgan fingerprint density at radius 1 is 1.04 bits per heavy atom. The number of hydrogen-bond donors (Lipinski definition) is 1. The highest BCUT2D eigenvalue weighted by molar-refractivity contribution is 6.31. The van der Waals surface area contributed by atoms with Crippen LogP contribution in [0.1, 0.15) is 11.1 Å². The van der Waals surface area contributed by atoms with E-state index in [1.165, 1.54) is 30.3 Å². The minimum Gasteiger partial charge on any atom is -0.350 e. The maximum Gasteiger partial charge on any atom is 0.331 e. The van der Waals surface area contributed by atoms with Crippen LogP contribution >= 0.6 is 0 Å². The minimum atomic E-state index is -0.797. The van der Waals surface area contributed by atoms with E-state index >= 15 is 0 Å². The number of nitrogens with zero attached hydrogens (tertiary/aromatic N) is 2. The van der Waals surface area contributed by atoms with Crippen LogP contribution < -0.4 is 5.32 Å². The number of imide groups is 2. The third kappa shape index (κ3) is 3.07. The molecule has 0 atom stereocenters. The van der Waals surface area contributed by atoms with E-state index in [9.17, 15) is 18.8 Å². The Morgan fingerprint density at radius 2 is 1.75 bits per heavy atom. The zero-order chi connectivity index (χ0) is 19.8. The summed E-state index contributed by atoms with van der Waals surface area (Å²) >= 11 is 0. The fourth-order valence-electron chi connectivity index (χ4n) is 3.25. The van der Waals surface area contributed by atoms with Crippen molar-refractivity contribution < 1.29 is 18.8 Å². The molecule has 4 rings (SSSR count). The molecule has 1 N–H and O–H groups in total. The summed E-state index contributed by atoms with van der Waals surface area (Å²) in [6.45, 7) is -0.0644. The van der Waals surface area contributed by atoms with Crippen LogP contribution in [0, 0.1) is 5.82 Å². The molecule has 0 saturated carbocycles. The molecule has 1 aromatic heterocycles. The molecule has 0 spiro atoms. The number of halogens is 1. The van der Waals surface area contributed by atoms with Crippen molar-refractivity contribution in [3.63, 3.8) is 0 Å². The van der Waals surface area contributed by atoms with Gasteiger partial charge in [-0.3, -0.25) is 19.8 Å². The van der Waals surface area contributed by atoms with Gasteiger partial charge in [-0.1, -0.05) is 30.3 Å². The molecule has 2 aromatic carbocycles. The Balaban J connectivity index is 1.70. The fraction of sp³-hybridized carbons (Fsp3) is 0.0952. The van der Waals surface area contributed by atoms with Gasteiger partial charge in [-0.2, -0.15) is 0 Å². The van der Waals surface area contributed by atoms with Crippen LogP contribution in [0.5, 0.6) is 0 Å². The van der Waals surface area contributed by atoms with Gasteiger partial charge in [0.15, 0.2) is 0 Å². The standard InChI is InChI=1S/C21H16FN3O3/c1-24-12-14(16-4-2-3-5-18(16)24)10-17-19(26)23-21(28)25(20(17)27)11-13-6-8-15(22)9-7-13/h2-10,12H,11H2,1H3,(H,23,26,28). The number of fused-ring (bicyclic) bond motifs is 1. The van der Waals surface area contributed by atoms with E-state index in [2.05, 4.69) is 5.32 Å². The van der Waals surface area contributed by atoms with Gasteiger partial charge in [0.05, 0.1) is 6.54 Å². The lowest BCUT2D eigenvalue weighted by molar-refractivity contribution is -0.130. The maximum absolute atomic E-state index is 13.1. The number of urea groups is 1. The van der Waals surface area contributed by atoms with E-state index in [1.54, 1.807) is 0 Å². The molecular formula is C21H16FN3O3. The SMILES string of the molecule is Cn1cc(C=C2C(=O)NC(=O)N(Cc3ccc(F)cc3)C2=O)c2ccccc21. The molecule has 0 radical (unpaired) electrons. The first-order chi connectivity index (χ1) is 13.4. The smallest absolute Gasteiger partial charge is 0.331 e. The second-order valence-electron chi connectivity index (χ2n) is 6.55. The van der Waals surface area contributed by atoms with Gasteiger partial charge in [0, 0.05) is 29.7 Å². The highest BCUT2D eigenvalue weighted by atomic mass is 19.1. The summed E-state index contributed by atoms with van der Waals surface area (Å²) in [6.07, 6.45) is 3.31. The number of rotatable bonds is 3. The predicted octanol–water partition coefficient (Wildman–Crippen LogP) is 2.98. The van der Waals surface area contributed by atoms with E-state index in [4.69, 9.17) is 0 Å². The first-order valence-corrected chi connectivity index (χ1v) is 8.61. The zero-order valence-corrected chi connectivity index (χ0v) is 15.0. The van der Waals surface area contributed by atoms with Gasteiger partial charge in [-0.15, -0.1) is 0 Å². The summed E-state index contributed by atoms with van der Waals surface area (Å²) in [4.78, 5) is 38.3. The third-order valence-electron chi connectivity index (χ3n) is 4.67. The first-order valence-electron chi connectivity index (χ1n) is 8.61. The quantitative estimate of drug-likeness (QED) is 0.563. The molecule has 6 nitrogen and oxygen atoms in total. The molecule has 4 amide bonds. The summed E-state index contributed by atoms with van der Waals surface area (Å²) in [5.74, 6) is -1.84. The summed E-state index contributed by atoms with van der Waals surface area (Å²) < 4.78 is 15.0.